The predicted octanol–water partition coefficient (Wildman–Crippen LogP) is 2.86. The quantitative estimate of drug-likeness (QED) is 0.167. The first-order valence-corrected chi connectivity index (χ1v) is 11.5. The topological polar surface area (TPSA) is 132 Å². The molecule has 1 aromatic rings. The number of carbonyl (C=O) groups is 4. The lowest BCUT2D eigenvalue weighted by Crippen LogP contribution is -2.52. The van der Waals surface area contributed by atoms with E-state index >= 15 is 0 Å². The monoisotopic (exact) mass is 491 g/mol. The number of amides is 3. The van der Waals surface area contributed by atoms with Gasteiger partial charge < -0.3 is 30.2 Å². The summed E-state index contributed by atoms with van der Waals surface area (Å²) in [5.74, 6) is -1.15. The van der Waals surface area contributed by atoms with Crippen molar-refractivity contribution in [1.29, 1.82) is 0 Å². The van der Waals surface area contributed by atoms with Crippen molar-refractivity contribution < 1.29 is 33.4 Å². The molecule has 0 fully saturated rings. The van der Waals surface area contributed by atoms with Crippen LogP contribution in [0, 0.1) is 0 Å². The number of alkyl carbamates (subject to hydrolysis) is 2. The van der Waals surface area contributed by atoms with Crippen molar-refractivity contribution in [2.45, 2.75) is 64.1 Å². The van der Waals surface area contributed by atoms with Crippen molar-refractivity contribution >= 4 is 24.1 Å². The molecule has 35 heavy (non-hydrogen) atoms. The summed E-state index contributed by atoms with van der Waals surface area (Å²) in [4.78, 5) is 49.1. The molecule has 0 saturated heterocycles. The zero-order valence-electron chi connectivity index (χ0n) is 20.9. The maximum atomic E-state index is 13.0. The Labute approximate surface area is 206 Å². The van der Waals surface area contributed by atoms with Crippen LogP contribution >= 0.6 is 0 Å². The van der Waals surface area contributed by atoms with Gasteiger partial charge in [0.1, 0.15) is 24.3 Å². The number of esters is 1. The molecule has 0 unspecified atom stereocenters. The molecule has 1 rings (SSSR count). The van der Waals surface area contributed by atoms with Crippen LogP contribution in [-0.4, -0.2) is 62.0 Å². The van der Waals surface area contributed by atoms with Gasteiger partial charge in [-0.1, -0.05) is 43.0 Å². The lowest BCUT2D eigenvalue weighted by molar-refractivity contribution is -0.145. The minimum absolute atomic E-state index is 0.0151. The zero-order chi connectivity index (χ0) is 26.3. The molecule has 0 bridgehead atoms. The summed E-state index contributed by atoms with van der Waals surface area (Å²) in [5, 5.41) is 7.84. The molecular formula is C25H37N3O7. The average Bonchev–Trinajstić information content (AvgIpc) is 2.80. The third kappa shape index (κ3) is 13.0. The number of carbonyl (C=O) groups excluding carboxylic acids is 4. The average molecular weight is 492 g/mol. The molecule has 0 aliphatic carbocycles. The van der Waals surface area contributed by atoms with Crippen LogP contribution in [0.3, 0.4) is 0 Å². The third-order valence-electron chi connectivity index (χ3n) is 4.61. The SMILES string of the molecule is C=CCOC(=O)N[C@@H](CCCCNC(=O)OC(C)(C)C)C(=O)N[C@H](Cc1ccccc1)C(=O)OC. The Morgan fingerprint density at radius 3 is 2.29 bits per heavy atom. The number of nitrogens with one attached hydrogen (secondary N) is 3. The largest absolute Gasteiger partial charge is 0.467 e. The lowest BCUT2D eigenvalue weighted by Gasteiger charge is -2.22. The van der Waals surface area contributed by atoms with Crippen molar-refractivity contribution in [2.75, 3.05) is 20.3 Å². The van der Waals surface area contributed by atoms with E-state index in [1.807, 2.05) is 30.3 Å². The molecule has 0 radical (unpaired) electrons. The Kier molecular flexibility index (Phi) is 12.9. The number of benzene rings is 1. The van der Waals surface area contributed by atoms with Crippen LogP contribution in [0.4, 0.5) is 9.59 Å². The normalized spacial score (nSPS) is 12.5. The maximum absolute atomic E-state index is 13.0. The molecule has 0 heterocycles. The molecule has 194 valence electrons. The summed E-state index contributed by atoms with van der Waals surface area (Å²) < 4.78 is 15.0. The summed E-state index contributed by atoms with van der Waals surface area (Å²) in [6.45, 7) is 9.11. The Balaban J connectivity index is 2.74. The van der Waals surface area contributed by atoms with Crippen LogP contribution < -0.4 is 16.0 Å². The standard InChI is InChI=1S/C25H37N3O7/c1-6-16-34-24(32)28-19(14-10-11-15-26-23(31)35-25(2,3)4)21(29)27-20(22(30)33-5)17-18-12-8-7-9-13-18/h6-9,12-13,19-20H,1,10-11,14-17H2,2-5H3,(H,26,31)(H,27,29)(H,28,32)/t19-,20+/m0/s1. The Morgan fingerprint density at radius 1 is 1.00 bits per heavy atom. The van der Waals surface area contributed by atoms with Crippen LogP contribution in [-0.2, 0) is 30.2 Å². The number of rotatable bonds is 13. The first-order chi connectivity index (χ1) is 16.6. The Bertz CT molecular complexity index is 837. The second-order valence-electron chi connectivity index (χ2n) is 8.78. The highest BCUT2D eigenvalue weighted by Crippen LogP contribution is 2.09. The van der Waals surface area contributed by atoms with Crippen LogP contribution in [0.1, 0.15) is 45.6 Å². The molecule has 1 aromatic carbocycles. The van der Waals surface area contributed by atoms with Gasteiger partial charge in [-0.25, -0.2) is 14.4 Å². The van der Waals surface area contributed by atoms with Crippen molar-refractivity contribution in [3.63, 3.8) is 0 Å². The van der Waals surface area contributed by atoms with Crippen molar-refractivity contribution in [2.24, 2.45) is 0 Å². The van der Waals surface area contributed by atoms with Gasteiger partial charge in [-0.15, -0.1) is 0 Å². The fourth-order valence-corrected chi connectivity index (χ4v) is 3.02. The summed E-state index contributed by atoms with van der Waals surface area (Å²) in [7, 11) is 1.24. The summed E-state index contributed by atoms with van der Waals surface area (Å²) in [6.07, 6.45) is 1.61. The fourth-order valence-electron chi connectivity index (χ4n) is 3.02. The highest BCUT2D eigenvalue weighted by molar-refractivity contribution is 5.89. The molecule has 3 amide bonds. The number of unbranched alkanes of at least 4 members (excludes halogenated alkanes) is 1. The Hall–Kier alpha value is -3.56. The van der Waals surface area contributed by atoms with Gasteiger partial charge in [-0.2, -0.15) is 0 Å². The van der Waals surface area contributed by atoms with Crippen LogP contribution in [0.5, 0.6) is 0 Å². The van der Waals surface area contributed by atoms with E-state index in [1.54, 1.807) is 20.8 Å². The van der Waals surface area contributed by atoms with E-state index < -0.39 is 41.7 Å². The predicted molar refractivity (Wildman–Crippen MR) is 131 cm³/mol. The smallest absolute Gasteiger partial charge is 0.408 e. The second kappa shape index (κ2) is 15.4. The summed E-state index contributed by atoms with van der Waals surface area (Å²) in [6, 6.07) is 7.29. The van der Waals surface area contributed by atoms with Crippen LogP contribution in [0.15, 0.2) is 43.0 Å². The van der Waals surface area contributed by atoms with E-state index in [9.17, 15) is 19.2 Å². The van der Waals surface area contributed by atoms with Gasteiger partial charge in [0, 0.05) is 13.0 Å². The summed E-state index contributed by atoms with van der Waals surface area (Å²) in [5.41, 5.74) is 0.241. The van der Waals surface area contributed by atoms with Crippen molar-refractivity contribution in [3.05, 3.63) is 48.6 Å². The van der Waals surface area contributed by atoms with Gasteiger partial charge >= 0.3 is 18.2 Å². The van der Waals surface area contributed by atoms with E-state index in [0.717, 1.165) is 5.56 Å². The van der Waals surface area contributed by atoms with E-state index in [-0.39, 0.29) is 19.4 Å². The highest BCUT2D eigenvalue weighted by atomic mass is 16.6. The summed E-state index contributed by atoms with van der Waals surface area (Å²) >= 11 is 0. The van der Waals surface area contributed by atoms with E-state index in [1.165, 1.54) is 13.2 Å². The van der Waals surface area contributed by atoms with Gasteiger partial charge in [0.25, 0.3) is 0 Å². The lowest BCUT2D eigenvalue weighted by atomic mass is 10.0. The maximum Gasteiger partial charge on any atom is 0.408 e. The molecule has 0 saturated carbocycles. The molecule has 0 aliphatic heterocycles. The zero-order valence-corrected chi connectivity index (χ0v) is 20.9. The molecule has 2 atom stereocenters. The first-order valence-electron chi connectivity index (χ1n) is 11.5. The molecular weight excluding hydrogens is 454 g/mol. The van der Waals surface area contributed by atoms with Gasteiger partial charge in [-0.05, 0) is 45.6 Å². The molecule has 0 aromatic heterocycles. The Morgan fingerprint density at radius 2 is 1.69 bits per heavy atom. The van der Waals surface area contributed by atoms with Gasteiger partial charge in [-0.3, -0.25) is 4.79 Å². The van der Waals surface area contributed by atoms with E-state index in [0.29, 0.717) is 19.4 Å². The van der Waals surface area contributed by atoms with Crippen molar-refractivity contribution in [1.82, 2.24) is 16.0 Å². The third-order valence-corrected chi connectivity index (χ3v) is 4.61. The minimum Gasteiger partial charge on any atom is -0.467 e. The number of hydrogen-bond acceptors (Lipinski definition) is 7. The first kappa shape index (κ1) is 29.5. The minimum atomic E-state index is -0.961. The molecule has 10 nitrogen and oxygen atoms in total. The number of hydrogen-bond donors (Lipinski definition) is 3. The van der Waals surface area contributed by atoms with E-state index in [2.05, 4.69) is 22.5 Å². The van der Waals surface area contributed by atoms with Crippen molar-refractivity contribution in [3.8, 4) is 0 Å². The number of ether oxygens (including phenoxy) is 3. The van der Waals surface area contributed by atoms with Gasteiger partial charge in [0.2, 0.25) is 5.91 Å². The van der Waals surface area contributed by atoms with Crippen LogP contribution in [0.2, 0.25) is 0 Å². The molecule has 0 spiro atoms. The van der Waals surface area contributed by atoms with Gasteiger partial charge in [0.05, 0.1) is 7.11 Å². The molecule has 0 aliphatic rings. The second-order valence-corrected chi connectivity index (χ2v) is 8.78. The van der Waals surface area contributed by atoms with Gasteiger partial charge in [0.15, 0.2) is 0 Å². The van der Waals surface area contributed by atoms with Crippen LogP contribution in [0.25, 0.3) is 0 Å². The number of methoxy groups -OCH3 is 1. The van der Waals surface area contributed by atoms with E-state index in [4.69, 9.17) is 14.2 Å². The molecule has 10 heteroatoms. The molecule has 3 N–H and O–H groups in total. The fraction of sp³-hybridized carbons (Fsp3) is 0.520. The highest BCUT2D eigenvalue weighted by Gasteiger charge is 2.27.